The maximum absolute atomic E-state index is 14.2. The predicted molar refractivity (Wildman–Crippen MR) is 132 cm³/mol. The Hall–Kier alpha value is -2.61. The molecule has 0 radical (unpaired) electrons. The molecule has 1 aliphatic heterocycles. The molecule has 3 fully saturated rings. The summed E-state index contributed by atoms with van der Waals surface area (Å²) in [7, 11) is 0. The summed E-state index contributed by atoms with van der Waals surface area (Å²) in [6, 6.07) is 10.5. The molecule has 182 valence electrons. The minimum atomic E-state index is -1.26. The van der Waals surface area contributed by atoms with Gasteiger partial charge in [0.05, 0.1) is 46.3 Å². The van der Waals surface area contributed by atoms with Crippen LogP contribution in [0.3, 0.4) is 0 Å². The van der Waals surface area contributed by atoms with E-state index in [2.05, 4.69) is 14.7 Å². The van der Waals surface area contributed by atoms with Crippen LogP contribution in [0.25, 0.3) is 11.1 Å². The number of nitrogens with zero attached hydrogens (tertiary/aromatic N) is 3. The number of aromatic carboxylic acids is 1. The second kappa shape index (κ2) is 8.80. The van der Waals surface area contributed by atoms with Crippen molar-refractivity contribution in [3.63, 3.8) is 0 Å². The molecule has 6 rings (SSSR count). The Labute approximate surface area is 212 Å². The number of aromatic nitrogens is 2. The van der Waals surface area contributed by atoms with Crippen molar-refractivity contribution in [3.05, 3.63) is 69.7 Å². The van der Waals surface area contributed by atoms with E-state index in [4.69, 9.17) is 33.0 Å². The van der Waals surface area contributed by atoms with Crippen LogP contribution in [0.15, 0.2) is 42.6 Å². The Morgan fingerprint density at radius 2 is 1.91 bits per heavy atom. The van der Waals surface area contributed by atoms with Gasteiger partial charge in [0.2, 0.25) is 0 Å². The van der Waals surface area contributed by atoms with E-state index in [1.54, 1.807) is 6.07 Å². The first-order valence-corrected chi connectivity index (χ1v) is 12.6. The molecule has 3 aliphatic rings. The number of halogens is 3. The Morgan fingerprint density at radius 1 is 1.14 bits per heavy atom. The van der Waals surface area contributed by atoms with E-state index in [0.29, 0.717) is 28.6 Å². The smallest absolute Gasteiger partial charge is 0.338 e. The largest absolute Gasteiger partial charge is 0.478 e. The number of carboxylic acid groups (broad SMARTS) is 1. The molecule has 0 amide bonds. The van der Waals surface area contributed by atoms with Crippen molar-refractivity contribution in [1.29, 1.82) is 0 Å². The lowest BCUT2D eigenvalue weighted by atomic mass is 10.0. The third-order valence-corrected chi connectivity index (χ3v) is 8.08. The monoisotopic (exact) mass is 515 g/mol. The predicted octanol–water partition coefficient (Wildman–Crippen LogP) is 6.21. The lowest BCUT2D eigenvalue weighted by Crippen LogP contribution is -2.38. The van der Waals surface area contributed by atoms with E-state index in [0.717, 1.165) is 54.7 Å². The first-order valence-electron chi connectivity index (χ1n) is 11.8. The van der Waals surface area contributed by atoms with Crippen LogP contribution < -0.4 is 4.90 Å². The quantitative estimate of drug-likeness (QED) is 0.404. The normalized spacial score (nSPS) is 23.3. The summed E-state index contributed by atoms with van der Waals surface area (Å²) in [6.07, 6.45) is 5.94. The highest BCUT2D eigenvalue weighted by Crippen LogP contribution is 2.44. The molecule has 2 heterocycles. The lowest BCUT2D eigenvalue weighted by molar-refractivity contribution is 0.00958. The molecule has 1 N–H and O–H groups in total. The zero-order chi connectivity index (χ0) is 24.3. The van der Waals surface area contributed by atoms with Gasteiger partial charge in [-0.2, -0.15) is 5.10 Å². The van der Waals surface area contributed by atoms with E-state index < -0.39 is 11.8 Å². The number of fused-ring (bicyclic) bond motifs is 2. The number of hydrogen-bond acceptors (Lipinski definition) is 4. The maximum atomic E-state index is 14.2. The van der Waals surface area contributed by atoms with Crippen LogP contribution in [0.2, 0.25) is 10.0 Å². The highest BCUT2D eigenvalue weighted by molar-refractivity contribution is 6.39. The van der Waals surface area contributed by atoms with Gasteiger partial charge >= 0.3 is 5.97 Å². The van der Waals surface area contributed by atoms with E-state index in [1.165, 1.54) is 12.1 Å². The summed E-state index contributed by atoms with van der Waals surface area (Å²) < 4.78 is 22.8. The third kappa shape index (κ3) is 4.09. The minimum absolute atomic E-state index is 0.0940. The minimum Gasteiger partial charge on any atom is -0.478 e. The molecule has 1 aromatic heterocycles. The van der Waals surface area contributed by atoms with Gasteiger partial charge in [0, 0.05) is 35.3 Å². The van der Waals surface area contributed by atoms with Gasteiger partial charge in [-0.15, -0.1) is 0 Å². The van der Waals surface area contributed by atoms with Crippen LogP contribution in [0.5, 0.6) is 0 Å². The fourth-order valence-corrected chi connectivity index (χ4v) is 6.20. The fraction of sp³-hybridized carbons (Fsp3) is 0.385. The Bertz CT molecular complexity index is 1290. The zero-order valence-electron chi connectivity index (χ0n) is 18.8. The molecule has 1 saturated heterocycles. The fourth-order valence-electron chi connectivity index (χ4n) is 5.60. The Balaban J connectivity index is 1.18. The van der Waals surface area contributed by atoms with Gasteiger partial charge in [-0.1, -0.05) is 29.3 Å². The third-order valence-electron chi connectivity index (χ3n) is 7.45. The van der Waals surface area contributed by atoms with Crippen LogP contribution >= 0.6 is 23.2 Å². The van der Waals surface area contributed by atoms with E-state index >= 15 is 0 Å². The number of anilines is 1. The number of hydrogen-bond donors (Lipinski definition) is 1. The summed E-state index contributed by atoms with van der Waals surface area (Å²) >= 11 is 13.0. The summed E-state index contributed by atoms with van der Waals surface area (Å²) in [5, 5.41) is 14.9. The van der Waals surface area contributed by atoms with Crippen molar-refractivity contribution in [2.45, 2.75) is 50.5 Å². The Kier molecular flexibility index (Phi) is 5.74. The van der Waals surface area contributed by atoms with Crippen molar-refractivity contribution < 1.29 is 19.0 Å². The van der Waals surface area contributed by atoms with Crippen molar-refractivity contribution in [1.82, 2.24) is 9.78 Å². The zero-order valence-corrected chi connectivity index (χ0v) is 20.3. The number of rotatable bonds is 7. The van der Waals surface area contributed by atoms with E-state index in [-0.39, 0.29) is 17.7 Å². The lowest BCUT2D eigenvalue weighted by Gasteiger charge is -2.33. The molecule has 2 aromatic carbocycles. The number of benzene rings is 2. The molecule has 3 aromatic rings. The molecule has 3 atom stereocenters. The molecule has 2 bridgehead atoms. The molecule has 0 spiro atoms. The molecule has 9 heteroatoms. The van der Waals surface area contributed by atoms with Gasteiger partial charge < -0.3 is 14.7 Å². The molecule has 6 nitrogen and oxygen atoms in total. The average molecular weight is 516 g/mol. The number of piperidine rings is 1. The molecular weight excluding hydrogens is 492 g/mol. The van der Waals surface area contributed by atoms with E-state index in [9.17, 15) is 9.18 Å². The average Bonchev–Trinajstić information content (AvgIpc) is 3.28. The standard InChI is InChI=1S/C26H24Cl2FN3O3/c27-20-2-1-3-21(28)25(20)19-11-30-32(15-4-5-15)23(19)13-35-24-10-17-8-14(24)12-31(17)16-6-7-18(26(33)34)22(29)9-16/h1-3,6-7,9,11,14-15,17,24H,4-5,8,10,12-13H2,(H,33,34)/t14-,17-,24+/m0/s1. The molecule has 2 aliphatic carbocycles. The highest BCUT2D eigenvalue weighted by Gasteiger charge is 2.45. The van der Waals surface area contributed by atoms with Crippen molar-refractivity contribution in [2.24, 2.45) is 5.92 Å². The van der Waals surface area contributed by atoms with Gasteiger partial charge in [0.25, 0.3) is 0 Å². The van der Waals surface area contributed by atoms with Crippen molar-refractivity contribution in [2.75, 3.05) is 11.4 Å². The van der Waals surface area contributed by atoms with Crippen LogP contribution in [0, 0.1) is 11.7 Å². The van der Waals surface area contributed by atoms with Crippen LogP contribution in [0.1, 0.15) is 47.8 Å². The van der Waals surface area contributed by atoms with Gasteiger partial charge in [-0.3, -0.25) is 4.68 Å². The SMILES string of the molecule is O=C(O)c1ccc(N2C[C@@H]3C[C@H]2C[C@H]3OCc2c(-c3c(Cl)cccc3Cl)cnn2C2CC2)cc1F. The number of carboxylic acids is 1. The second-order valence-electron chi connectivity index (χ2n) is 9.63. The van der Waals surface area contributed by atoms with Gasteiger partial charge in [-0.05, 0) is 56.0 Å². The Morgan fingerprint density at radius 3 is 2.54 bits per heavy atom. The maximum Gasteiger partial charge on any atom is 0.338 e. The number of carbonyl (C=O) groups is 1. The van der Waals surface area contributed by atoms with Crippen molar-refractivity contribution in [3.8, 4) is 11.1 Å². The second-order valence-corrected chi connectivity index (χ2v) is 10.4. The van der Waals surface area contributed by atoms with Gasteiger partial charge in [0.15, 0.2) is 0 Å². The highest BCUT2D eigenvalue weighted by atomic mass is 35.5. The molecule has 2 saturated carbocycles. The van der Waals surface area contributed by atoms with Crippen LogP contribution in [-0.4, -0.2) is 39.5 Å². The summed E-state index contributed by atoms with van der Waals surface area (Å²) in [5.74, 6) is -1.63. The van der Waals surface area contributed by atoms with Crippen LogP contribution in [-0.2, 0) is 11.3 Å². The van der Waals surface area contributed by atoms with Crippen molar-refractivity contribution >= 4 is 34.9 Å². The molecule has 0 unspecified atom stereocenters. The first-order chi connectivity index (χ1) is 16.9. The number of ether oxygens (including phenoxy) is 1. The first kappa shape index (κ1) is 22.8. The van der Waals surface area contributed by atoms with E-state index in [1.807, 2.05) is 24.4 Å². The van der Waals surface area contributed by atoms with Crippen LogP contribution in [0.4, 0.5) is 10.1 Å². The molecule has 35 heavy (non-hydrogen) atoms. The summed E-state index contributed by atoms with van der Waals surface area (Å²) in [4.78, 5) is 13.3. The molecular formula is C26H24Cl2FN3O3. The van der Waals surface area contributed by atoms with Gasteiger partial charge in [0.1, 0.15) is 5.82 Å². The summed E-state index contributed by atoms with van der Waals surface area (Å²) in [5.41, 5.74) is 3.11. The topological polar surface area (TPSA) is 67.6 Å². The van der Waals surface area contributed by atoms with Gasteiger partial charge in [-0.25, -0.2) is 9.18 Å². The summed E-state index contributed by atoms with van der Waals surface area (Å²) in [6.45, 7) is 1.18.